The summed E-state index contributed by atoms with van der Waals surface area (Å²) in [7, 11) is 2.26. The maximum absolute atomic E-state index is 4.26. The van der Waals surface area contributed by atoms with Crippen molar-refractivity contribution in [1.82, 2.24) is 4.90 Å². The molecule has 1 saturated carbocycles. The highest BCUT2D eigenvalue weighted by molar-refractivity contribution is 7.80. The number of hydrogen-bond acceptors (Lipinski definition) is 2. The van der Waals surface area contributed by atoms with Gasteiger partial charge in [-0.05, 0) is 56.9 Å². The summed E-state index contributed by atoms with van der Waals surface area (Å²) < 4.78 is 0. The molecule has 0 spiro atoms. The van der Waals surface area contributed by atoms with E-state index in [2.05, 4.69) is 31.5 Å². The molecule has 0 N–H and O–H groups in total. The molecule has 0 saturated heterocycles. The molecule has 0 heterocycles. The van der Waals surface area contributed by atoms with Gasteiger partial charge < -0.3 is 4.90 Å². The van der Waals surface area contributed by atoms with Gasteiger partial charge in [-0.2, -0.15) is 12.6 Å². The molecule has 1 atom stereocenters. The molecule has 0 radical (unpaired) electrons. The van der Waals surface area contributed by atoms with E-state index < -0.39 is 0 Å². The molecule has 78 valence electrons. The fourth-order valence-corrected chi connectivity index (χ4v) is 2.08. The average molecular weight is 201 g/mol. The maximum atomic E-state index is 4.26. The first-order chi connectivity index (χ1) is 6.22. The SMILES string of the molecule is CC(CCS)CCN(C)CC1CC1. The molecule has 1 fully saturated rings. The van der Waals surface area contributed by atoms with Gasteiger partial charge >= 0.3 is 0 Å². The van der Waals surface area contributed by atoms with Crippen molar-refractivity contribution in [2.75, 3.05) is 25.9 Å². The maximum Gasteiger partial charge on any atom is 0.000661 e. The van der Waals surface area contributed by atoms with Crippen LogP contribution in [0.3, 0.4) is 0 Å². The van der Waals surface area contributed by atoms with Crippen LogP contribution in [-0.2, 0) is 0 Å². The van der Waals surface area contributed by atoms with E-state index in [1.807, 2.05) is 0 Å². The highest BCUT2D eigenvalue weighted by Gasteiger charge is 2.22. The van der Waals surface area contributed by atoms with Gasteiger partial charge in [0.1, 0.15) is 0 Å². The minimum Gasteiger partial charge on any atom is -0.306 e. The van der Waals surface area contributed by atoms with Crippen molar-refractivity contribution >= 4 is 12.6 Å². The average Bonchev–Trinajstić information content (AvgIpc) is 2.85. The lowest BCUT2D eigenvalue weighted by Gasteiger charge is -2.18. The van der Waals surface area contributed by atoms with Crippen LogP contribution in [0, 0.1) is 11.8 Å². The number of thiol groups is 1. The van der Waals surface area contributed by atoms with Crippen LogP contribution >= 0.6 is 12.6 Å². The van der Waals surface area contributed by atoms with Crippen LogP contribution in [0.5, 0.6) is 0 Å². The van der Waals surface area contributed by atoms with E-state index in [-0.39, 0.29) is 0 Å². The molecule has 1 rings (SSSR count). The second-order valence-electron chi connectivity index (χ2n) is 4.61. The molecule has 0 aromatic heterocycles. The van der Waals surface area contributed by atoms with Crippen LogP contribution < -0.4 is 0 Å². The first-order valence-electron chi connectivity index (χ1n) is 5.51. The van der Waals surface area contributed by atoms with Crippen molar-refractivity contribution in [3.63, 3.8) is 0 Å². The molecule has 0 aromatic carbocycles. The fourth-order valence-electron chi connectivity index (χ4n) is 1.64. The molecule has 2 heteroatoms. The summed E-state index contributed by atoms with van der Waals surface area (Å²) in [5.41, 5.74) is 0. The zero-order valence-corrected chi connectivity index (χ0v) is 9.89. The Kier molecular flexibility index (Phi) is 5.18. The summed E-state index contributed by atoms with van der Waals surface area (Å²) in [6.45, 7) is 4.93. The summed E-state index contributed by atoms with van der Waals surface area (Å²) in [4.78, 5) is 2.49. The van der Waals surface area contributed by atoms with Crippen LogP contribution in [-0.4, -0.2) is 30.8 Å². The van der Waals surface area contributed by atoms with Gasteiger partial charge in [-0.15, -0.1) is 0 Å². The zero-order chi connectivity index (χ0) is 9.68. The van der Waals surface area contributed by atoms with Crippen molar-refractivity contribution < 1.29 is 0 Å². The molecule has 0 aliphatic heterocycles. The van der Waals surface area contributed by atoms with Gasteiger partial charge in [0.15, 0.2) is 0 Å². The lowest BCUT2D eigenvalue weighted by atomic mass is 10.1. The Hall–Kier alpha value is 0.310. The molecule has 1 unspecified atom stereocenters. The minimum absolute atomic E-state index is 0.846. The molecule has 0 bridgehead atoms. The third kappa shape index (κ3) is 5.58. The van der Waals surface area contributed by atoms with Gasteiger partial charge in [-0.1, -0.05) is 6.92 Å². The Morgan fingerprint density at radius 3 is 2.62 bits per heavy atom. The number of nitrogens with zero attached hydrogens (tertiary/aromatic N) is 1. The first kappa shape index (κ1) is 11.4. The van der Waals surface area contributed by atoms with E-state index in [9.17, 15) is 0 Å². The van der Waals surface area contributed by atoms with E-state index in [1.165, 1.54) is 38.8 Å². The Bertz CT molecular complexity index is 134. The molecule has 0 aromatic rings. The van der Waals surface area contributed by atoms with Crippen molar-refractivity contribution in [3.05, 3.63) is 0 Å². The standard InChI is InChI=1S/C11H23NS/c1-10(6-8-13)5-7-12(2)9-11-3-4-11/h10-11,13H,3-9H2,1-2H3. The first-order valence-corrected chi connectivity index (χ1v) is 6.15. The second kappa shape index (κ2) is 5.92. The van der Waals surface area contributed by atoms with E-state index in [1.54, 1.807) is 0 Å². The molecule has 0 amide bonds. The lowest BCUT2D eigenvalue weighted by molar-refractivity contribution is 0.293. The van der Waals surface area contributed by atoms with Crippen LogP contribution in [0.4, 0.5) is 0 Å². The van der Waals surface area contributed by atoms with E-state index in [0.29, 0.717) is 0 Å². The van der Waals surface area contributed by atoms with E-state index in [0.717, 1.165) is 17.6 Å². The Balaban J connectivity index is 1.96. The van der Waals surface area contributed by atoms with Gasteiger partial charge in [-0.25, -0.2) is 0 Å². The van der Waals surface area contributed by atoms with Crippen LogP contribution in [0.15, 0.2) is 0 Å². The predicted octanol–water partition coefficient (Wildman–Crippen LogP) is 2.67. The predicted molar refractivity (Wildman–Crippen MR) is 62.5 cm³/mol. The smallest absolute Gasteiger partial charge is 0.000661 e. The lowest BCUT2D eigenvalue weighted by Crippen LogP contribution is -2.23. The molecule has 1 aliphatic carbocycles. The summed E-state index contributed by atoms with van der Waals surface area (Å²) in [6.07, 6.45) is 5.54. The highest BCUT2D eigenvalue weighted by Crippen LogP contribution is 2.29. The second-order valence-corrected chi connectivity index (χ2v) is 5.06. The highest BCUT2D eigenvalue weighted by atomic mass is 32.1. The van der Waals surface area contributed by atoms with E-state index >= 15 is 0 Å². The van der Waals surface area contributed by atoms with Crippen LogP contribution in [0.2, 0.25) is 0 Å². The van der Waals surface area contributed by atoms with Gasteiger partial charge in [0.25, 0.3) is 0 Å². The minimum atomic E-state index is 0.846. The fraction of sp³-hybridized carbons (Fsp3) is 1.00. The summed E-state index contributed by atoms with van der Waals surface area (Å²) in [6, 6.07) is 0. The van der Waals surface area contributed by atoms with Crippen LogP contribution in [0.1, 0.15) is 32.6 Å². The molecular weight excluding hydrogens is 178 g/mol. The van der Waals surface area contributed by atoms with Crippen molar-refractivity contribution in [3.8, 4) is 0 Å². The number of hydrogen-bond donors (Lipinski definition) is 1. The van der Waals surface area contributed by atoms with Gasteiger partial charge in [-0.3, -0.25) is 0 Å². The molecular formula is C11H23NS. The van der Waals surface area contributed by atoms with Crippen molar-refractivity contribution in [2.24, 2.45) is 11.8 Å². The van der Waals surface area contributed by atoms with Crippen LogP contribution in [0.25, 0.3) is 0 Å². The Labute approximate surface area is 88.3 Å². The van der Waals surface area contributed by atoms with Gasteiger partial charge in [0, 0.05) is 6.54 Å². The van der Waals surface area contributed by atoms with Gasteiger partial charge in [0.2, 0.25) is 0 Å². The summed E-state index contributed by atoms with van der Waals surface area (Å²) in [5.74, 6) is 2.91. The zero-order valence-electron chi connectivity index (χ0n) is 9.00. The quantitative estimate of drug-likeness (QED) is 0.620. The number of rotatable bonds is 7. The largest absolute Gasteiger partial charge is 0.306 e. The normalized spacial score (nSPS) is 19.4. The molecule has 13 heavy (non-hydrogen) atoms. The topological polar surface area (TPSA) is 3.24 Å². The summed E-state index contributed by atoms with van der Waals surface area (Å²) >= 11 is 4.26. The monoisotopic (exact) mass is 201 g/mol. The van der Waals surface area contributed by atoms with Gasteiger partial charge in [0.05, 0.1) is 0 Å². The molecule has 1 nitrogen and oxygen atoms in total. The summed E-state index contributed by atoms with van der Waals surface area (Å²) in [5, 5.41) is 0. The third-order valence-electron chi connectivity index (χ3n) is 2.89. The Morgan fingerprint density at radius 2 is 2.08 bits per heavy atom. The molecule has 1 aliphatic rings. The van der Waals surface area contributed by atoms with Crippen molar-refractivity contribution in [1.29, 1.82) is 0 Å². The van der Waals surface area contributed by atoms with Crippen molar-refractivity contribution in [2.45, 2.75) is 32.6 Å². The Morgan fingerprint density at radius 1 is 1.38 bits per heavy atom. The third-order valence-corrected chi connectivity index (χ3v) is 3.15. The van der Waals surface area contributed by atoms with E-state index in [4.69, 9.17) is 0 Å².